The van der Waals surface area contributed by atoms with Crippen molar-refractivity contribution in [3.63, 3.8) is 0 Å². The topological polar surface area (TPSA) is 64.8 Å². The molecule has 0 fully saturated rings. The van der Waals surface area contributed by atoms with Crippen LogP contribution in [-0.4, -0.2) is 53.8 Å². The van der Waals surface area contributed by atoms with Gasteiger partial charge in [0.25, 0.3) is 0 Å². The van der Waals surface area contributed by atoms with E-state index in [4.69, 9.17) is 33.9 Å². The lowest BCUT2D eigenvalue weighted by Gasteiger charge is -2.23. The lowest BCUT2D eigenvalue weighted by Crippen LogP contribution is -2.32. The number of aromatic amines is 1. The number of benzene rings is 1. The third-order valence-electron chi connectivity index (χ3n) is 3.37. The first-order valence-corrected chi connectivity index (χ1v) is 8.27. The number of hydrogen-bond donors (Lipinski definition) is 3. The number of hydrogen-bond acceptors (Lipinski definition) is 6. The van der Waals surface area contributed by atoms with Crippen LogP contribution >= 0.6 is 24.4 Å². The molecule has 2 rings (SSSR count). The summed E-state index contributed by atoms with van der Waals surface area (Å²) in [6.45, 7) is 0. The van der Waals surface area contributed by atoms with E-state index >= 15 is 0 Å². The fraction of sp³-hybridized carbons (Fsp3) is 0.250. The second kappa shape index (κ2) is 8.54. The van der Waals surface area contributed by atoms with Crippen molar-refractivity contribution in [1.29, 1.82) is 0 Å². The molecule has 1 aromatic heterocycles. The van der Waals surface area contributed by atoms with Gasteiger partial charge in [0.15, 0.2) is 0 Å². The molecule has 2 aromatic rings. The number of nitrogens with zero attached hydrogens (tertiary/aromatic N) is 2. The van der Waals surface area contributed by atoms with Gasteiger partial charge in [-0.3, -0.25) is 20.9 Å². The van der Waals surface area contributed by atoms with E-state index in [1.165, 1.54) is 5.49 Å². The third kappa shape index (κ3) is 4.74. The molecule has 7 nitrogen and oxygen atoms in total. The van der Waals surface area contributed by atoms with Crippen molar-refractivity contribution in [3.05, 3.63) is 35.9 Å². The van der Waals surface area contributed by atoms with E-state index in [-0.39, 0.29) is 0 Å². The molecule has 0 aliphatic heterocycles. The van der Waals surface area contributed by atoms with Crippen molar-refractivity contribution in [2.24, 2.45) is 0 Å². The molecular weight excluding hydrogens is 358 g/mol. The van der Waals surface area contributed by atoms with E-state index in [0.29, 0.717) is 16.5 Å². The number of anilines is 2. The van der Waals surface area contributed by atoms with Crippen LogP contribution < -0.4 is 20.3 Å². The van der Waals surface area contributed by atoms with Crippen LogP contribution in [0, 0.1) is 0 Å². The predicted octanol–water partition coefficient (Wildman–Crippen LogP) is 2.88. The highest BCUT2D eigenvalue weighted by molar-refractivity contribution is 7.80. The normalized spacial score (nSPS) is 9.92. The zero-order valence-electron chi connectivity index (χ0n) is 14.5. The first-order chi connectivity index (χ1) is 12.0. The SMILES string of the molecule is COc1ccc(OC)c(C(=S)N(C)Nc2ccc(NN(C)C=S)[nH]2)c1. The molecule has 1 aromatic carbocycles. The maximum absolute atomic E-state index is 5.57. The van der Waals surface area contributed by atoms with Gasteiger partial charge in [-0.2, -0.15) is 0 Å². The molecule has 0 bridgehead atoms. The Morgan fingerprint density at radius 2 is 1.76 bits per heavy atom. The third-order valence-corrected chi connectivity index (χ3v) is 4.18. The minimum atomic E-state index is 0.566. The number of aromatic nitrogens is 1. The van der Waals surface area contributed by atoms with Crippen molar-refractivity contribution in [1.82, 2.24) is 15.0 Å². The van der Waals surface area contributed by atoms with Gasteiger partial charge in [0.05, 0.1) is 25.3 Å². The second-order valence-electron chi connectivity index (χ2n) is 5.16. The Balaban J connectivity index is 2.11. The van der Waals surface area contributed by atoms with E-state index in [9.17, 15) is 0 Å². The summed E-state index contributed by atoms with van der Waals surface area (Å²) >= 11 is 10.4. The van der Waals surface area contributed by atoms with Crippen LogP contribution in [-0.2, 0) is 0 Å². The highest BCUT2D eigenvalue weighted by Crippen LogP contribution is 2.26. The smallest absolute Gasteiger partial charge is 0.131 e. The van der Waals surface area contributed by atoms with Gasteiger partial charge in [-0.1, -0.05) is 24.4 Å². The minimum absolute atomic E-state index is 0.566. The first kappa shape index (κ1) is 18.8. The largest absolute Gasteiger partial charge is 0.497 e. The number of nitrogens with one attached hydrogen (secondary N) is 3. The first-order valence-electron chi connectivity index (χ1n) is 7.39. The number of hydrazine groups is 2. The molecule has 0 amide bonds. The molecule has 0 unspecified atom stereocenters. The number of ether oxygens (including phenoxy) is 2. The Kier molecular flexibility index (Phi) is 6.43. The molecule has 0 aliphatic rings. The summed E-state index contributed by atoms with van der Waals surface area (Å²) in [4.78, 5) is 3.74. The van der Waals surface area contributed by atoms with Crippen LogP contribution in [0.1, 0.15) is 5.56 Å². The van der Waals surface area contributed by atoms with Crippen molar-refractivity contribution in [2.45, 2.75) is 0 Å². The van der Waals surface area contributed by atoms with Crippen molar-refractivity contribution < 1.29 is 9.47 Å². The summed E-state index contributed by atoms with van der Waals surface area (Å²) in [6, 6.07) is 9.28. The Morgan fingerprint density at radius 1 is 1.08 bits per heavy atom. The second-order valence-corrected chi connectivity index (χ2v) is 5.75. The van der Waals surface area contributed by atoms with Gasteiger partial charge < -0.3 is 14.5 Å². The zero-order chi connectivity index (χ0) is 18.4. The molecule has 134 valence electrons. The predicted molar refractivity (Wildman–Crippen MR) is 108 cm³/mol. The fourth-order valence-electron chi connectivity index (χ4n) is 2.14. The van der Waals surface area contributed by atoms with Gasteiger partial charge in [0.2, 0.25) is 0 Å². The Labute approximate surface area is 157 Å². The lowest BCUT2D eigenvalue weighted by atomic mass is 10.2. The lowest BCUT2D eigenvalue weighted by molar-refractivity contribution is 0.401. The van der Waals surface area contributed by atoms with Crippen LogP contribution in [0.25, 0.3) is 0 Å². The van der Waals surface area contributed by atoms with Gasteiger partial charge in [0, 0.05) is 14.1 Å². The molecule has 0 radical (unpaired) electrons. The fourth-order valence-corrected chi connectivity index (χ4v) is 2.39. The van der Waals surface area contributed by atoms with Gasteiger partial charge in [-0.25, -0.2) is 0 Å². The molecule has 1 heterocycles. The minimum Gasteiger partial charge on any atom is -0.497 e. The maximum Gasteiger partial charge on any atom is 0.131 e. The number of thiocarbonyl (C=S) groups is 2. The summed E-state index contributed by atoms with van der Waals surface area (Å²) in [5.74, 6) is 2.95. The summed E-state index contributed by atoms with van der Waals surface area (Å²) < 4.78 is 10.7. The van der Waals surface area contributed by atoms with E-state index in [0.717, 1.165) is 17.2 Å². The average molecular weight is 380 g/mol. The highest BCUT2D eigenvalue weighted by Gasteiger charge is 2.14. The van der Waals surface area contributed by atoms with Crippen molar-refractivity contribution in [3.8, 4) is 11.5 Å². The molecule has 25 heavy (non-hydrogen) atoms. The van der Waals surface area contributed by atoms with Crippen LogP contribution in [0.15, 0.2) is 30.3 Å². The van der Waals surface area contributed by atoms with Crippen LogP contribution in [0.3, 0.4) is 0 Å². The summed E-state index contributed by atoms with van der Waals surface area (Å²) in [6.07, 6.45) is 0. The molecule has 3 N–H and O–H groups in total. The highest BCUT2D eigenvalue weighted by atomic mass is 32.1. The monoisotopic (exact) mass is 379 g/mol. The van der Waals surface area contributed by atoms with Crippen molar-refractivity contribution >= 4 is 46.6 Å². The van der Waals surface area contributed by atoms with E-state index < -0.39 is 0 Å². The van der Waals surface area contributed by atoms with E-state index in [2.05, 4.69) is 15.8 Å². The number of H-pyrrole nitrogens is 1. The van der Waals surface area contributed by atoms with Crippen LogP contribution in [0.5, 0.6) is 11.5 Å². The number of methoxy groups -OCH3 is 2. The molecule has 0 atom stereocenters. The van der Waals surface area contributed by atoms with Gasteiger partial charge in [-0.05, 0) is 30.3 Å². The summed E-state index contributed by atoms with van der Waals surface area (Å²) in [5.41, 5.74) is 8.52. The molecule has 0 aliphatic carbocycles. The van der Waals surface area contributed by atoms with Gasteiger partial charge in [-0.15, -0.1) is 0 Å². The summed E-state index contributed by atoms with van der Waals surface area (Å²) in [5, 5.41) is 3.39. The molecule has 0 spiro atoms. The Morgan fingerprint density at radius 3 is 2.36 bits per heavy atom. The number of rotatable bonds is 8. The standard InChI is InChI=1S/C16H21N5O2S2/c1-20(10-24)18-14-7-8-15(17-14)19-21(2)16(25)12-9-11(22-3)5-6-13(12)23-4/h5-10,17-19H,1-4H3. The van der Waals surface area contributed by atoms with Crippen LogP contribution in [0.2, 0.25) is 0 Å². The quantitative estimate of drug-likeness (QED) is 0.478. The average Bonchev–Trinajstić information content (AvgIpc) is 3.06. The van der Waals surface area contributed by atoms with Gasteiger partial charge in [0.1, 0.15) is 28.1 Å². The Hall–Kier alpha value is -2.52. The van der Waals surface area contributed by atoms with Gasteiger partial charge >= 0.3 is 0 Å². The van der Waals surface area contributed by atoms with E-state index in [1.54, 1.807) is 24.2 Å². The zero-order valence-corrected chi connectivity index (χ0v) is 16.1. The molecule has 0 saturated carbocycles. The molecular formula is C16H21N5O2S2. The van der Waals surface area contributed by atoms with Crippen LogP contribution in [0.4, 0.5) is 11.6 Å². The Bertz CT molecular complexity index is 750. The van der Waals surface area contributed by atoms with Crippen molar-refractivity contribution in [2.75, 3.05) is 39.2 Å². The molecule has 9 heteroatoms. The summed E-state index contributed by atoms with van der Waals surface area (Å²) in [7, 11) is 6.87. The van der Waals surface area contributed by atoms with E-state index in [1.807, 2.05) is 44.4 Å². The maximum atomic E-state index is 5.57. The molecule has 0 saturated heterocycles.